The molecule has 1 rings (SSSR count). The summed E-state index contributed by atoms with van der Waals surface area (Å²) in [4.78, 5) is 0. The third-order valence-electron chi connectivity index (χ3n) is 2.14. The van der Waals surface area contributed by atoms with Crippen LogP contribution in [-0.2, 0) is 0 Å². The predicted octanol–water partition coefficient (Wildman–Crippen LogP) is 1.93. The first-order chi connectivity index (χ1) is 7.69. The van der Waals surface area contributed by atoms with E-state index in [1.54, 1.807) is 18.2 Å². The molecule has 1 atom stereocenters. The van der Waals surface area contributed by atoms with E-state index in [4.69, 9.17) is 5.11 Å². The van der Waals surface area contributed by atoms with Gasteiger partial charge in [0.05, 0.1) is 12.6 Å². The standard InChI is InChI=1S/C11H15F2NO2/c1-2-14-9(7-15)8-5-3-4-6-10(8)16-11(12)13/h3-6,9,11,14-15H,2,7H2,1H3. The lowest BCUT2D eigenvalue weighted by Gasteiger charge is -2.18. The largest absolute Gasteiger partial charge is 0.434 e. The summed E-state index contributed by atoms with van der Waals surface area (Å²) in [5, 5.41) is 12.2. The van der Waals surface area contributed by atoms with Crippen LogP contribution in [0.1, 0.15) is 18.5 Å². The Balaban J connectivity index is 2.91. The maximum absolute atomic E-state index is 12.1. The Labute approximate surface area is 93.0 Å². The van der Waals surface area contributed by atoms with Gasteiger partial charge in [-0.05, 0) is 12.6 Å². The monoisotopic (exact) mass is 231 g/mol. The second-order valence-corrected chi connectivity index (χ2v) is 3.21. The summed E-state index contributed by atoms with van der Waals surface area (Å²) in [7, 11) is 0. The summed E-state index contributed by atoms with van der Waals surface area (Å²) < 4.78 is 28.7. The normalized spacial score (nSPS) is 12.8. The van der Waals surface area contributed by atoms with Gasteiger partial charge in [-0.2, -0.15) is 8.78 Å². The molecule has 0 aliphatic rings. The SMILES string of the molecule is CCNC(CO)c1ccccc1OC(F)F. The van der Waals surface area contributed by atoms with Crippen molar-refractivity contribution < 1.29 is 18.6 Å². The van der Waals surface area contributed by atoms with Crippen LogP contribution in [0.25, 0.3) is 0 Å². The molecule has 0 fully saturated rings. The number of aliphatic hydroxyl groups excluding tert-OH is 1. The van der Waals surface area contributed by atoms with Crippen LogP contribution in [0.5, 0.6) is 5.75 Å². The van der Waals surface area contributed by atoms with Gasteiger partial charge in [-0.1, -0.05) is 25.1 Å². The molecule has 0 heterocycles. The molecule has 5 heteroatoms. The van der Waals surface area contributed by atoms with Crippen molar-refractivity contribution in [2.24, 2.45) is 0 Å². The van der Waals surface area contributed by atoms with E-state index in [1.807, 2.05) is 6.92 Å². The van der Waals surface area contributed by atoms with E-state index in [0.717, 1.165) is 0 Å². The van der Waals surface area contributed by atoms with Gasteiger partial charge < -0.3 is 15.2 Å². The molecule has 1 aromatic carbocycles. The predicted molar refractivity (Wildman–Crippen MR) is 56.6 cm³/mol. The number of aliphatic hydroxyl groups is 1. The molecule has 0 saturated carbocycles. The van der Waals surface area contributed by atoms with E-state index in [0.29, 0.717) is 12.1 Å². The molecule has 0 radical (unpaired) electrons. The van der Waals surface area contributed by atoms with Crippen molar-refractivity contribution in [2.45, 2.75) is 19.6 Å². The van der Waals surface area contributed by atoms with Crippen LogP contribution in [0.4, 0.5) is 8.78 Å². The third-order valence-corrected chi connectivity index (χ3v) is 2.14. The zero-order valence-corrected chi connectivity index (χ0v) is 8.99. The van der Waals surface area contributed by atoms with E-state index in [2.05, 4.69) is 10.1 Å². The zero-order valence-electron chi connectivity index (χ0n) is 8.99. The topological polar surface area (TPSA) is 41.5 Å². The lowest BCUT2D eigenvalue weighted by molar-refractivity contribution is -0.0508. The number of benzene rings is 1. The number of hydrogen-bond donors (Lipinski definition) is 2. The Morgan fingerprint density at radius 2 is 2.06 bits per heavy atom. The van der Waals surface area contributed by atoms with Crippen LogP contribution >= 0.6 is 0 Å². The molecule has 3 nitrogen and oxygen atoms in total. The Bertz CT molecular complexity index is 321. The highest BCUT2D eigenvalue weighted by molar-refractivity contribution is 5.36. The number of hydrogen-bond acceptors (Lipinski definition) is 3. The van der Waals surface area contributed by atoms with Crippen molar-refractivity contribution in [1.29, 1.82) is 0 Å². The first-order valence-corrected chi connectivity index (χ1v) is 5.07. The van der Waals surface area contributed by atoms with Gasteiger partial charge >= 0.3 is 6.61 Å². The zero-order chi connectivity index (χ0) is 12.0. The molecule has 0 amide bonds. The molecule has 0 bridgehead atoms. The van der Waals surface area contributed by atoms with Crippen LogP contribution < -0.4 is 10.1 Å². The molecule has 0 aliphatic carbocycles. The summed E-state index contributed by atoms with van der Waals surface area (Å²) in [5.74, 6) is 0.0949. The number of alkyl halides is 2. The number of halogens is 2. The molecule has 2 N–H and O–H groups in total. The number of likely N-dealkylation sites (N-methyl/N-ethyl adjacent to an activating group) is 1. The average molecular weight is 231 g/mol. The Morgan fingerprint density at radius 1 is 1.38 bits per heavy atom. The van der Waals surface area contributed by atoms with Crippen molar-refractivity contribution in [3.05, 3.63) is 29.8 Å². The summed E-state index contributed by atoms with van der Waals surface area (Å²) in [6, 6.07) is 6.05. The van der Waals surface area contributed by atoms with Gasteiger partial charge in [0.2, 0.25) is 0 Å². The van der Waals surface area contributed by atoms with Gasteiger partial charge in [0.25, 0.3) is 0 Å². The highest BCUT2D eigenvalue weighted by atomic mass is 19.3. The average Bonchev–Trinajstić information content (AvgIpc) is 2.26. The van der Waals surface area contributed by atoms with Gasteiger partial charge in [0.1, 0.15) is 5.75 Å². The maximum atomic E-state index is 12.1. The molecule has 1 unspecified atom stereocenters. The van der Waals surface area contributed by atoms with Gasteiger partial charge in [0, 0.05) is 5.56 Å². The molecule has 0 saturated heterocycles. The Kier molecular flexibility index (Phi) is 5.14. The molecule has 0 aliphatic heterocycles. The minimum Gasteiger partial charge on any atom is -0.434 e. The van der Waals surface area contributed by atoms with E-state index in [9.17, 15) is 8.78 Å². The molecule has 1 aromatic rings. The second kappa shape index (κ2) is 6.40. The summed E-state index contributed by atoms with van der Waals surface area (Å²) in [6.45, 7) is -0.521. The van der Waals surface area contributed by atoms with E-state index >= 15 is 0 Å². The molecular weight excluding hydrogens is 216 g/mol. The minimum absolute atomic E-state index is 0.0949. The highest BCUT2D eigenvalue weighted by Crippen LogP contribution is 2.26. The summed E-state index contributed by atoms with van der Waals surface area (Å²) >= 11 is 0. The van der Waals surface area contributed by atoms with Gasteiger partial charge in [-0.25, -0.2) is 0 Å². The van der Waals surface area contributed by atoms with Crippen molar-refractivity contribution in [2.75, 3.05) is 13.2 Å². The smallest absolute Gasteiger partial charge is 0.387 e. The number of para-hydroxylation sites is 1. The van der Waals surface area contributed by atoms with Crippen LogP contribution in [0.3, 0.4) is 0 Å². The lowest BCUT2D eigenvalue weighted by Crippen LogP contribution is -2.24. The number of rotatable bonds is 6. The Hall–Kier alpha value is -1.20. The fourth-order valence-electron chi connectivity index (χ4n) is 1.49. The van der Waals surface area contributed by atoms with Crippen LogP contribution in [0, 0.1) is 0 Å². The molecule has 0 spiro atoms. The molecule has 90 valence electrons. The van der Waals surface area contributed by atoms with Crippen LogP contribution in [-0.4, -0.2) is 24.9 Å². The molecule has 16 heavy (non-hydrogen) atoms. The van der Waals surface area contributed by atoms with Gasteiger partial charge in [-0.3, -0.25) is 0 Å². The highest BCUT2D eigenvalue weighted by Gasteiger charge is 2.16. The first kappa shape index (κ1) is 12.9. The number of ether oxygens (including phenoxy) is 1. The number of nitrogens with one attached hydrogen (secondary N) is 1. The van der Waals surface area contributed by atoms with Crippen molar-refractivity contribution in [1.82, 2.24) is 5.32 Å². The van der Waals surface area contributed by atoms with Crippen molar-refractivity contribution in [3.8, 4) is 5.75 Å². The van der Waals surface area contributed by atoms with Crippen molar-refractivity contribution in [3.63, 3.8) is 0 Å². The lowest BCUT2D eigenvalue weighted by atomic mass is 10.1. The molecule has 0 aromatic heterocycles. The van der Waals surface area contributed by atoms with Crippen LogP contribution in [0.15, 0.2) is 24.3 Å². The first-order valence-electron chi connectivity index (χ1n) is 5.07. The van der Waals surface area contributed by atoms with E-state index in [1.165, 1.54) is 6.07 Å². The van der Waals surface area contributed by atoms with Crippen molar-refractivity contribution >= 4 is 0 Å². The quantitative estimate of drug-likeness (QED) is 0.786. The Morgan fingerprint density at radius 3 is 2.62 bits per heavy atom. The maximum Gasteiger partial charge on any atom is 0.387 e. The van der Waals surface area contributed by atoms with E-state index < -0.39 is 6.61 Å². The molecular formula is C11H15F2NO2. The minimum atomic E-state index is -2.86. The third kappa shape index (κ3) is 3.43. The fourth-order valence-corrected chi connectivity index (χ4v) is 1.49. The van der Waals surface area contributed by atoms with Gasteiger partial charge in [0.15, 0.2) is 0 Å². The summed E-state index contributed by atoms with van der Waals surface area (Å²) in [5.41, 5.74) is 0.534. The van der Waals surface area contributed by atoms with Gasteiger partial charge in [-0.15, -0.1) is 0 Å². The summed E-state index contributed by atoms with van der Waals surface area (Å²) in [6.07, 6.45) is 0. The van der Waals surface area contributed by atoms with Crippen LogP contribution in [0.2, 0.25) is 0 Å². The fraction of sp³-hybridized carbons (Fsp3) is 0.455. The van der Waals surface area contributed by atoms with E-state index in [-0.39, 0.29) is 18.4 Å². The second-order valence-electron chi connectivity index (χ2n) is 3.21.